The molecular formula is C26H21Cl2N5O2. The summed E-state index contributed by atoms with van der Waals surface area (Å²) in [5, 5.41) is 8.78. The Kier molecular flexibility index (Phi) is 6.19. The second kappa shape index (κ2) is 9.44. The Hall–Kier alpha value is -3.81. The predicted molar refractivity (Wildman–Crippen MR) is 137 cm³/mol. The van der Waals surface area contributed by atoms with Crippen LogP contribution >= 0.6 is 23.2 Å². The average molecular weight is 506 g/mol. The molecule has 7 nitrogen and oxygen atoms in total. The Morgan fingerprint density at radius 3 is 2.69 bits per heavy atom. The highest BCUT2D eigenvalue weighted by Crippen LogP contribution is 2.34. The van der Waals surface area contributed by atoms with Crippen molar-refractivity contribution in [3.8, 4) is 17.1 Å². The highest BCUT2D eigenvalue weighted by atomic mass is 35.5. The number of carbonyl (C=O) groups is 1. The third kappa shape index (κ3) is 4.24. The number of para-hydroxylation sites is 1. The van der Waals surface area contributed by atoms with Crippen molar-refractivity contribution in [2.75, 3.05) is 7.05 Å². The van der Waals surface area contributed by atoms with Gasteiger partial charge in [0.05, 0.1) is 16.4 Å². The minimum atomic E-state index is -0.219. The fourth-order valence-corrected chi connectivity index (χ4v) is 4.57. The van der Waals surface area contributed by atoms with Gasteiger partial charge in [0.2, 0.25) is 0 Å². The van der Waals surface area contributed by atoms with Gasteiger partial charge in [0, 0.05) is 47.3 Å². The molecule has 176 valence electrons. The molecule has 35 heavy (non-hydrogen) atoms. The van der Waals surface area contributed by atoms with Crippen molar-refractivity contribution < 1.29 is 9.53 Å². The number of fused-ring (bicyclic) bond motifs is 1. The first-order chi connectivity index (χ1) is 17.0. The number of amides is 1. The summed E-state index contributed by atoms with van der Waals surface area (Å²) in [4.78, 5) is 17.0. The Bertz CT molecular complexity index is 1540. The van der Waals surface area contributed by atoms with Gasteiger partial charge in [-0.25, -0.2) is 9.67 Å². The standard InChI is InChI=1S/C26H21Cl2N5O2/c1-16-14-22(33-13-5-11-30-33)17-6-3-8-23(25(17)31-16)35-15-18-19(27)9-10-20(24(18)28)32-12-4-7-21(32)26(34)29-2/h3-14H,15H2,1-2H3,(H,29,34). The van der Waals surface area contributed by atoms with Gasteiger partial charge >= 0.3 is 0 Å². The summed E-state index contributed by atoms with van der Waals surface area (Å²) in [7, 11) is 1.58. The van der Waals surface area contributed by atoms with Crippen LogP contribution in [0.4, 0.5) is 0 Å². The van der Waals surface area contributed by atoms with Crippen molar-refractivity contribution in [1.82, 2.24) is 24.6 Å². The van der Waals surface area contributed by atoms with E-state index in [1.807, 2.05) is 43.5 Å². The Morgan fingerprint density at radius 2 is 1.91 bits per heavy atom. The molecule has 0 fully saturated rings. The molecule has 0 spiro atoms. The van der Waals surface area contributed by atoms with Crippen molar-refractivity contribution in [3.63, 3.8) is 0 Å². The lowest BCUT2D eigenvalue weighted by Gasteiger charge is -2.16. The molecule has 5 rings (SSSR count). The number of pyridine rings is 1. The number of aromatic nitrogens is 4. The second-order valence-electron chi connectivity index (χ2n) is 7.88. The van der Waals surface area contributed by atoms with Crippen molar-refractivity contribution in [3.05, 3.63) is 100 Å². The number of hydrogen-bond donors (Lipinski definition) is 1. The lowest BCUT2D eigenvalue weighted by Crippen LogP contribution is -2.21. The lowest BCUT2D eigenvalue weighted by molar-refractivity contribution is 0.0956. The molecule has 2 aromatic carbocycles. The largest absolute Gasteiger partial charge is 0.487 e. The van der Waals surface area contributed by atoms with Crippen LogP contribution in [0.15, 0.2) is 73.2 Å². The number of benzene rings is 2. The zero-order chi connectivity index (χ0) is 24.5. The number of aryl methyl sites for hydroxylation is 1. The monoisotopic (exact) mass is 505 g/mol. The van der Waals surface area contributed by atoms with E-state index in [9.17, 15) is 4.79 Å². The first kappa shape index (κ1) is 23.0. The number of rotatable bonds is 6. The molecule has 1 amide bonds. The number of hydrogen-bond acceptors (Lipinski definition) is 4. The molecule has 9 heteroatoms. The van der Waals surface area contributed by atoms with Gasteiger partial charge in [-0.2, -0.15) is 5.10 Å². The third-order valence-corrected chi connectivity index (χ3v) is 6.44. The molecule has 0 atom stereocenters. The van der Waals surface area contributed by atoms with Crippen LogP contribution in [0.2, 0.25) is 10.0 Å². The van der Waals surface area contributed by atoms with Crippen LogP contribution in [0.3, 0.4) is 0 Å². The van der Waals surface area contributed by atoms with E-state index in [1.165, 1.54) is 0 Å². The topological polar surface area (TPSA) is 74.0 Å². The predicted octanol–water partition coefficient (Wildman–Crippen LogP) is 5.77. The summed E-state index contributed by atoms with van der Waals surface area (Å²) < 4.78 is 9.74. The smallest absolute Gasteiger partial charge is 0.268 e. The van der Waals surface area contributed by atoms with E-state index in [2.05, 4.69) is 10.4 Å². The normalized spacial score (nSPS) is 11.1. The molecule has 0 aliphatic carbocycles. The van der Waals surface area contributed by atoms with E-state index in [0.717, 1.165) is 16.8 Å². The van der Waals surface area contributed by atoms with Gasteiger partial charge in [-0.1, -0.05) is 35.3 Å². The summed E-state index contributed by atoms with van der Waals surface area (Å²) in [6, 6.07) is 16.7. The fourth-order valence-electron chi connectivity index (χ4n) is 4.00. The number of nitrogens with zero attached hydrogens (tertiary/aromatic N) is 4. The first-order valence-electron chi connectivity index (χ1n) is 10.9. The van der Waals surface area contributed by atoms with Gasteiger partial charge in [0.15, 0.2) is 0 Å². The first-order valence-corrected chi connectivity index (χ1v) is 11.6. The molecule has 3 aromatic heterocycles. The van der Waals surface area contributed by atoms with E-state index >= 15 is 0 Å². The van der Waals surface area contributed by atoms with Crippen molar-refractivity contribution in [1.29, 1.82) is 0 Å². The molecule has 0 saturated carbocycles. The summed E-state index contributed by atoms with van der Waals surface area (Å²) in [5.41, 5.74) is 4.17. The van der Waals surface area contributed by atoms with Crippen LogP contribution in [0.5, 0.6) is 5.75 Å². The quantitative estimate of drug-likeness (QED) is 0.318. The summed E-state index contributed by atoms with van der Waals surface area (Å²) in [6.45, 7) is 2.05. The van der Waals surface area contributed by atoms with Crippen molar-refractivity contribution >= 4 is 40.0 Å². The van der Waals surface area contributed by atoms with Crippen molar-refractivity contribution in [2.24, 2.45) is 0 Å². The summed E-state index contributed by atoms with van der Waals surface area (Å²) in [6.07, 6.45) is 5.40. The third-order valence-electron chi connectivity index (χ3n) is 5.67. The summed E-state index contributed by atoms with van der Waals surface area (Å²) in [5.74, 6) is 0.383. The van der Waals surface area contributed by atoms with E-state index < -0.39 is 0 Å². The highest BCUT2D eigenvalue weighted by Gasteiger charge is 2.18. The number of carbonyl (C=O) groups excluding carboxylic acids is 1. The maximum Gasteiger partial charge on any atom is 0.268 e. The molecule has 0 aliphatic heterocycles. The van der Waals surface area contributed by atoms with Crippen molar-refractivity contribution in [2.45, 2.75) is 13.5 Å². The molecule has 0 aliphatic rings. The van der Waals surface area contributed by atoms with E-state index in [4.69, 9.17) is 32.9 Å². The van der Waals surface area contributed by atoms with Gasteiger partial charge in [0.1, 0.15) is 23.6 Å². The number of nitrogens with one attached hydrogen (secondary N) is 1. The zero-order valence-electron chi connectivity index (χ0n) is 19.0. The maximum atomic E-state index is 12.3. The van der Waals surface area contributed by atoms with Gasteiger partial charge in [0.25, 0.3) is 5.91 Å². The van der Waals surface area contributed by atoms with Crippen LogP contribution in [-0.4, -0.2) is 32.3 Å². The molecule has 5 aromatic rings. The number of halogens is 2. The van der Waals surface area contributed by atoms with Crippen LogP contribution in [0, 0.1) is 6.92 Å². The molecule has 3 heterocycles. The van der Waals surface area contributed by atoms with Crippen LogP contribution < -0.4 is 10.1 Å². The van der Waals surface area contributed by atoms with Crippen LogP contribution in [-0.2, 0) is 6.61 Å². The average Bonchev–Trinajstić information content (AvgIpc) is 3.56. The molecule has 0 unspecified atom stereocenters. The van der Waals surface area contributed by atoms with Crippen LogP contribution in [0.25, 0.3) is 22.3 Å². The number of ether oxygens (including phenoxy) is 1. The Morgan fingerprint density at radius 1 is 1.06 bits per heavy atom. The zero-order valence-corrected chi connectivity index (χ0v) is 20.5. The summed E-state index contributed by atoms with van der Waals surface area (Å²) >= 11 is 13.3. The van der Waals surface area contributed by atoms with Gasteiger partial charge in [-0.15, -0.1) is 0 Å². The minimum Gasteiger partial charge on any atom is -0.487 e. The Balaban J connectivity index is 1.52. The van der Waals surface area contributed by atoms with E-state index in [-0.39, 0.29) is 12.5 Å². The molecule has 1 N–H and O–H groups in total. The minimum absolute atomic E-state index is 0.119. The SMILES string of the molecule is CNC(=O)c1cccn1-c1ccc(Cl)c(COc2cccc3c(-n4cccn4)cc(C)nc23)c1Cl. The maximum absolute atomic E-state index is 12.3. The lowest BCUT2D eigenvalue weighted by atomic mass is 10.1. The second-order valence-corrected chi connectivity index (χ2v) is 8.66. The van der Waals surface area contributed by atoms with Gasteiger partial charge < -0.3 is 14.6 Å². The molecule has 0 radical (unpaired) electrons. The molecule has 0 bridgehead atoms. The van der Waals surface area contributed by atoms with E-state index in [1.54, 1.807) is 53.0 Å². The van der Waals surface area contributed by atoms with Gasteiger partial charge in [-0.3, -0.25) is 4.79 Å². The highest BCUT2D eigenvalue weighted by molar-refractivity contribution is 6.37. The van der Waals surface area contributed by atoms with E-state index in [0.29, 0.717) is 38.3 Å². The van der Waals surface area contributed by atoms with Gasteiger partial charge in [-0.05, 0) is 49.4 Å². The molecule has 0 saturated heterocycles. The fraction of sp³-hybridized carbons (Fsp3) is 0.115. The Labute approximate surface area is 211 Å². The van der Waals surface area contributed by atoms with Crippen LogP contribution in [0.1, 0.15) is 21.7 Å². The molecular weight excluding hydrogens is 485 g/mol.